The minimum absolute atomic E-state index is 0.131. The van der Waals surface area contributed by atoms with Crippen molar-refractivity contribution in [2.24, 2.45) is 11.8 Å². The SMILES string of the molecule is CCCc1cc(=O)oc2c3c(c4c(c12)OC(C)(C)C=C4)O[C@H](C(C)C)[C@H](C)[C@H]3O. The predicted molar refractivity (Wildman–Crippen MR) is 114 cm³/mol. The number of ether oxygens (including phenoxy) is 2. The van der Waals surface area contributed by atoms with Crippen molar-refractivity contribution in [3.05, 3.63) is 39.3 Å². The summed E-state index contributed by atoms with van der Waals surface area (Å²) in [6, 6.07) is 1.55. The molecule has 0 amide bonds. The van der Waals surface area contributed by atoms with Crippen LogP contribution in [0.5, 0.6) is 11.5 Å². The molecule has 3 heterocycles. The highest BCUT2D eigenvalue weighted by molar-refractivity contribution is 5.97. The molecule has 29 heavy (non-hydrogen) atoms. The highest BCUT2D eigenvalue weighted by atomic mass is 16.5. The van der Waals surface area contributed by atoms with E-state index in [2.05, 4.69) is 20.8 Å². The number of aliphatic hydroxyl groups is 1. The molecular weight excluding hydrogens is 368 g/mol. The normalized spacial score (nSPS) is 24.8. The summed E-state index contributed by atoms with van der Waals surface area (Å²) in [6.07, 6.45) is 4.68. The highest BCUT2D eigenvalue weighted by Gasteiger charge is 2.42. The molecule has 3 atom stereocenters. The van der Waals surface area contributed by atoms with Gasteiger partial charge in [0.15, 0.2) is 5.58 Å². The van der Waals surface area contributed by atoms with Crippen LogP contribution >= 0.6 is 0 Å². The quantitative estimate of drug-likeness (QED) is 0.736. The molecule has 0 unspecified atom stereocenters. The molecule has 1 aromatic carbocycles. The summed E-state index contributed by atoms with van der Waals surface area (Å²) < 4.78 is 18.5. The smallest absolute Gasteiger partial charge is 0.336 e. The van der Waals surface area contributed by atoms with Gasteiger partial charge in [-0.1, -0.05) is 34.1 Å². The maximum atomic E-state index is 12.4. The van der Waals surface area contributed by atoms with Crippen molar-refractivity contribution in [1.29, 1.82) is 0 Å². The molecule has 0 spiro atoms. The largest absolute Gasteiger partial charge is 0.488 e. The van der Waals surface area contributed by atoms with Gasteiger partial charge in [0.25, 0.3) is 0 Å². The summed E-state index contributed by atoms with van der Waals surface area (Å²) in [5, 5.41) is 12.0. The first-order valence-corrected chi connectivity index (χ1v) is 10.5. The number of benzene rings is 1. The summed E-state index contributed by atoms with van der Waals surface area (Å²) in [5.74, 6) is 1.33. The maximum Gasteiger partial charge on any atom is 0.336 e. The number of hydrogen-bond donors (Lipinski definition) is 1. The van der Waals surface area contributed by atoms with Gasteiger partial charge in [-0.15, -0.1) is 0 Å². The van der Waals surface area contributed by atoms with E-state index in [-0.39, 0.29) is 17.9 Å². The Kier molecular flexibility index (Phi) is 4.77. The van der Waals surface area contributed by atoms with Crippen molar-refractivity contribution in [1.82, 2.24) is 0 Å². The summed E-state index contributed by atoms with van der Waals surface area (Å²) in [4.78, 5) is 12.4. The molecule has 5 heteroatoms. The summed E-state index contributed by atoms with van der Waals surface area (Å²) >= 11 is 0. The van der Waals surface area contributed by atoms with Gasteiger partial charge in [-0.3, -0.25) is 0 Å². The molecule has 156 valence electrons. The van der Waals surface area contributed by atoms with E-state index in [0.717, 1.165) is 29.4 Å². The first-order chi connectivity index (χ1) is 13.6. The van der Waals surface area contributed by atoms with E-state index in [9.17, 15) is 9.90 Å². The Bertz CT molecular complexity index is 1040. The van der Waals surface area contributed by atoms with Crippen LogP contribution in [0.25, 0.3) is 17.0 Å². The topological polar surface area (TPSA) is 68.9 Å². The summed E-state index contributed by atoms with van der Waals surface area (Å²) in [7, 11) is 0. The third kappa shape index (κ3) is 3.16. The Labute approximate surface area is 171 Å². The lowest BCUT2D eigenvalue weighted by Gasteiger charge is -2.40. The van der Waals surface area contributed by atoms with E-state index >= 15 is 0 Å². The van der Waals surface area contributed by atoms with Crippen LogP contribution in [0, 0.1) is 11.8 Å². The number of fused-ring (bicyclic) bond motifs is 6. The van der Waals surface area contributed by atoms with Gasteiger partial charge in [0.1, 0.15) is 23.2 Å². The lowest BCUT2D eigenvalue weighted by molar-refractivity contribution is -0.0125. The van der Waals surface area contributed by atoms with E-state index in [0.29, 0.717) is 22.6 Å². The van der Waals surface area contributed by atoms with E-state index in [1.807, 2.05) is 32.9 Å². The van der Waals surface area contributed by atoms with E-state index in [1.54, 1.807) is 6.07 Å². The Morgan fingerprint density at radius 1 is 1.24 bits per heavy atom. The standard InChI is InChI=1S/C24H30O5/c1-7-8-14-11-16(25)27-23-17(14)22-15(9-10-24(5,6)29-22)21-18(23)19(26)13(4)20(28-21)12(2)3/h9-13,19-20,26H,7-8H2,1-6H3/t13-,19-,20-/m1/s1. The fourth-order valence-corrected chi connectivity index (χ4v) is 4.60. The van der Waals surface area contributed by atoms with Crippen molar-refractivity contribution < 1.29 is 19.0 Å². The van der Waals surface area contributed by atoms with Gasteiger partial charge in [-0.2, -0.15) is 0 Å². The number of hydrogen-bond acceptors (Lipinski definition) is 5. The van der Waals surface area contributed by atoms with Crippen molar-refractivity contribution in [2.75, 3.05) is 0 Å². The first kappa shape index (κ1) is 20.0. The molecule has 0 aliphatic carbocycles. The highest BCUT2D eigenvalue weighted by Crippen LogP contribution is 2.52. The average molecular weight is 398 g/mol. The molecule has 1 aromatic heterocycles. The van der Waals surface area contributed by atoms with Crippen molar-refractivity contribution in [3.63, 3.8) is 0 Å². The van der Waals surface area contributed by atoms with Crippen LogP contribution in [0.2, 0.25) is 0 Å². The Balaban J connectivity index is 2.13. The van der Waals surface area contributed by atoms with Crippen LogP contribution in [0.4, 0.5) is 0 Å². The molecule has 0 radical (unpaired) electrons. The Morgan fingerprint density at radius 3 is 2.62 bits per heavy atom. The molecule has 2 aliphatic rings. The van der Waals surface area contributed by atoms with Gasteiger partial charge < -0.3 is 19.0 Å². The molecular formula is C24H30O5. The Morgan fingerprint density at radius 2 is 1.97 bits per heavy atom. The molecule has 4 rings (SSSR count). The van der Waals surface area contributed by atoms with Crippen molar-refractivity contribution in [2.45, 2.75) is 72.2 Å². The molecule has 0 fully saturated rings. The zero-order valence-electron chi connectivity index (χ0n) is 18.0. The van der Waals surface area contributed by atoms with Crippen LogP contribution in [-0.4, -0.2) is 16.8 Å². The van der Waals surface area contributed by atoms with Gasteiger partial charge in [-0.05, 0) is 43.9 Å². The van der Waals surface area contributed by atoms with Crippen LogP contribution < -0.4 is 15.1 Å². The summed E-state index contributed by atoms with van der Waals surface area (Å²) in [6.45, 7) is 12.2. The van der Waals surface area contributed by atoms with Gasteiger partial charge >= 0.3 is 5.63 Å². The minimum atomic E-state index is -0.790. The van der Waals surface area contributed by atoms with Crippen LogP contribution in [0.15, 0.2) is 21.4 Å². The van der Waals surface area contributed by atoms with Gasteiger partial charge in [-0.25, -0.2) is 4.79 Å². The van der Waals surface area contributed by atoms with Crippen LogP contribution in [0.1, 0.15) is 70.8 Å². The zero-order valence-corrected chi connectivity index (χ0v) is 18.0. The molecule has 0 saturated heterocycles. The van der Waals surface area contributed by atoms with E-state index in [1.165, 1.54) is 0 Å². The van der Waals surface area contributed by atoms with Crippen LogP contribution in [0.3, 0.4) is 0 Å². The fourth-order valence-electron chi connectivity index (χ4n) is 4.60. The lowest BCUT2D eigenvalue weighted by atomic mass is 9.81. The molecule has 5 nitrogen and oxygen atoms in total. The second kappa shape index (κ2) is 6.91. The summed E-state index contributed by atoms with van der Waals surface area (Å²) in [5.41, 5.74) is 1.74. The Hall–Kier alpha value is -2.27. The number of aliphatic hydroxyl groups excluding tert-OH is 1. The van der Waals surface area contributed by atoms with Crippen molar-refractivity contribution in [3.8, 4) is 11.5 Å². The van der Waals surface area contributed by atoms with Crippen LogP contribution in [-0.2, 0) is 6.42 Å². The molecule has 1 N–H and O–H groups in total. The zero-order chi connectivity index (χ0) is 21.1. The van der Waals surface area contributed by atoms with Gasteiger partial charge in [0.05, 0.1) is 22.6 Å². The second-order valence-electron chi connectivity index (χ2n) is 9.20. The lowest BCUT2D eigenvalue weighted by Crippen LogP contribution is -2.39. The fraction of sp³-hybridized carbons (Fsp3) is 0.542. The number of aryl methyl sites for hydroxylation is 1. The van der Waals surface area contributed by atoms with Gasteiger partial charge in [0, 0.05) is 12.0 Å². The molecule has 2 aliphatic heterocycles. The van der Waals surface area contributed by atoms with Crippen molar-refractivity contribution >= 4 is 17.0 Å². The van der Waals surface area contributed by atoms with E-state index in [4.69, 9.17) is 13.9 Å². The van der Waals surface area contributed by atoms with Gasteiger partial charge in [0.2, 0.25) is 0 Å². The van der Waals surface area contributed by atoms with E-state index < -0.39 is 17.3 Å². The molecule has 2 aromatic rings. The predicted octanol–water partition coefficient (Wildman–Crippen LogP) is 5.02. The molecule has 0 bridgehead atoms. The monoisotopic (exact) mass is 398 g/mol. The number of rotatable bonds is 3. The third-order valence-electron chi connectivity index (χ3n) is 6.01. The first-order valence-electron chi connectivity index (χ1n) is 10.5. The molecule has 0 saturated carbocycles. The maximum absolute atomic E-state index is 12.4. The average Bonchev–Trinajstić information content (AvgIpc) is 2.62. The second-order valence-corrected chi connectivity index (χ2v) is 9.20. The minimum Gasteiger partial charge on any atom is -0.488 e. The third-order valence-corrected chi connectivity index (χ3v) is 6.01.